The molecule has 1 unspecified atom stereocenters. The summed E-state index contributed by atoms with van der Waals surface area (Å²) >= 11 is 0. The molecule has 4 heteroatoms. The third kappa shape index (κ3) is 7.65. The zero-order valence-corrected chi connectivity index (χ0v) is 11.6. The highest BCUT2D eigenvalue weighted by atomic mass is 16.2. The number of hydrogen-bond acceptors (Lipinski definition) is 3. The van der Waals surface area contributed by atoms with Crippen LogP contribution in [0.5, 0.6) is 0 Å². The molecule has 0 fully saturated rings. The molecule has 0 aliphatic carbocycles. The van der Waals surface area contributed by atoms with Crippen LogP contribution in [0.1, 0.15) is 34.1 Å². The molecule has 0 aliphatic heterocycles. The van der Waals surface area contributed by atoms with Crippen molar-refractivity contribution in [1.82, 2.24) is 15.5 Å². The average Bonchev–Trinajstić information content (AvgIpc) is 2.13. The van der Waals surface area contributed by atoms with Crippen molar-refractivity contribution in [2.75, 3.05) is 27.2 Å². The van der Waals surface area contributed by atoms with Gasteiger partial charge in [-0.3, -0.25) is 4.79 Å². The Morgan fingerprint density at radius 1 is 1.38 bits per heavy atom. The molecule has 0 spiro atoms. The summed E-state index contributed by atoms with van der Waals surface area (Å²) in [6.07, 6.45) is 0.936. The lowest BCUT2D eigenvalue weighted by molar-refractivity contribution is -0.122. The van der Waals surface area contributed by atoms with Crippen LogP contribution >= 0.6 is 0 Å². The normalized spacial score (nSPS) is 13.9. The Kier molecular flexibility index (Phi) is 6.60. The molecule has 0 rings (SSSR count). The first kappa shape index (κ1) is 15.4. The largest absolute Gasteiger partial charge is 0.350 e. The van der Waals surface area contributed by atoms with Gasteiger partial charge in [0.05, 0.1) is 6.54 Å². The summed E-state index contributed by atoms with van der Waals surface area (Å²) in [4.78, 5) is 13.7. The minimum absolute atomic E-state index is 0.0671. The van der Waals surface area contributed by atoms with Gasteiger partial charge in [-0.15, -0.1) is 0 Å². The van der Waals surface area contributed by atoms with E-state index in [4.69, 9.17) is 0 Å². The van der Waals surface area contributed by atoms with Gasteiger partial charge in [-0.1, -0.05) is 6.92 Å². The standard InChI is InChI=1S/C12H27N3O/c1-7-12(3,4)14-11(16)8-13-10(2)9-15(5)6/h10,13H,7-9H2,1-6H3,(H,14,16). The maximum Gasteiger partial charge on any atom is 0.234 e. The number of nitrogens with zero attached hydrogens (tertiary/aromatic N) is 1. The molecule has 16 heavy (non-hydrogen) atoms. The van der Waals surface area contributed by atoms with Gasteiger partial charge in [0.25, 0.3) is 0 Å². The topological polar surface area (TPSA) is 44.4 Å². The molecule has 2 N–H and O–H groups in total. The molecule has 0 saturated heterocycles. The molecule has 1 amide bonds. The maximum atomic E-state index is 11.6. The molecule has 0 bridgehead atoms. The van der Waals surface area contributed by atoms with Crippen molar-refractivity contribution in [2.45, 2.75) is 45.7 Å². The van der Waals surface area contributed by atoms with E-state index in [9.17, 15) is 4.79 Å². The minimum atomic E-state index is -0.108. The Hall–Kier alpha value is -0.610. The van der Waals surface area contributed by atoms with Gasteiger partial charge in [-0.2, -0.15) is 0 Å². The van der Waals surface area contributed by atoms with Gasteiger partial charge in [0.1, 0.15) is 0 Å². The molecule has 0 aromatic heterocycles. The van der Waals surface area contributed by atoms with Crippen LogP contribution in [-0.4, -0.2) is 49.6 Å². The molecule has 0 radical (unpaired) electrons. The van der Waals surface area contributed by atoms with E-state index in [1.54, 1.807) is 0 Å². The summed E-state index contributed by atoms with van der Waals surface area (Å²) in [7, 11) is 4.05. The lowest BCUT2D eigenvalue weighted by Crippen LogP contribution is -2.48. The Bertz CT molecular complexity index is 214. The fourth-order valence-corrected chi connectivity index (χ4v) is 1.39. The van der Waals surface area contributed by atoms with E-state index in [1.807, 2.05) is 27.9 Å². The van der Waals surface area contributed by atoms with Crippen LogP contribution in [0.15, 0.2) is 0 Å². The summed E-state index contributed by atoms with van der Waals surface area (Å²) < 4.78 is 0. The van der Waals surface area contributed by atoms with Crippen molar-refractivity contribution in [3.05, 3.63) is 0 Å². The lowest BCUT2D eigenvalue weighted by atomic mass is 10.0. The second kappa shape index (κ2) is 6.86. The Labute approximate surface area is 99.8 Å². The highest BCUT2D eigenvalue weighted by Crippen LogP contribution is 2.05. The van der Waals surface area contributed by atoms with Crippen LogP contribution < -0.4 is 10.6 Å². The maximum absolute atomic E-state index is 11.6. The smallest absolute Gasteiger partial charge is 0.234 e. The molecular weight excluding hydrogens is 202 g/mol. The first-order valence-corrected chi connectivity index (χ1v) is 5.96. The summed E-state index contributed by atoms with van der Waals surface area (Å²) in [5, 5.41) is 6.21. The molecule has 0 aromatic carbocycles. The molecular formula is C12H27N3O. The van der Waals surface area contributed by atoms with E-state index < -0.39 is 0 Å². The monoisotopic (exact) mass is 229 g/mol. The Morgan fingerprint density at radius 3 is 2.38 bits per heavy atom. The van der Waals surface area contributed by atoms with E-state index in [0.29, 0.717) is 12.6 Å². The van der Waals surface area contributed by atoms with Gasteiger partial charge >= 0.3 is 0 Å². The summed E-state index contributed by atoms with van der Waals surface area (Å²) in [5.74, 6) is 0.0671. The molecule has 0 saturated carbocycles. The van der Waals surface area contributed by atoms with E-state index in [-0.39, 0.29) is 11.4 Å². The van der Waals surface area contributed by atoms with E-state index in [1.165, 1.54) is 0 Å². The number of rotatable bonds is 7. The van der Waals surface area contributed by atoms with E-state index >= 15 is 0 Å². The van der Waals surface area contributed by atoms with Gasteiger partial charge in [0, 0.05) is 18.1 Å². The summed E-state index contributed by atoms with van der Waals surface area (Å²) in [6.45, 7) is 9.55. The first-order chi connectivity index (χ1) is 7.26. The zero-order chi connectivity index (χ0) is 12.8. The van der Waals surface area contributed by atoms with Crippen molar-refractivity contribution < 1.29 is 4.79 Å². The van der Waals surface area contributed by atoms with Crippen LogP contribution in [-0.2, 0) is 4.79 Å². The highest BCUT2D eigenvalue weighted by molar-refractivity contribution is 5.78. The molecule has 0 heterocycles. The molecule has 4 nitrogen and oxygen atoms in total. The number of hydrogen-bond donors (Lipinski definition) is 2. The molecule has 0 aromatic rings. The van der Waals surface area contributed by atoms with Crippen molar-refractivity contribution >= 4 is 5.91 Å². The van der Waals surface area contributed by atoms with Crippen molar-refractivity contribution in [3.63, 3.8) is 0 Å². The van der Waals surface area contributed by atoms with Gasteiger partial charge in [0.2, 0.25) is 5.91 Å². The first-order valence-electron chi connectivity index (χ1n) is 5.96. The average molecular weight is 229 g/mol. The van der Waals surface area contributed by atoms with E-state index in [0.717, 1.165) is 13.0 Å². The van der Waals surface area contributed by atoms with Gasteiger partial charge in [-0.05, 0) is 41.3 Å². The number of nitrogens with one attached hydrogen (secondary N) is 2. The van der Waals surface area contributed by atoms with Crippen molar-refractivity contribution in [3.8, 4) is 0 Å². The van der Waals surface area contributed by atoms with Gasteiger partial charge < -0.3 is 15.5 Å². The number of carbonyl (C=O) groups excluding carboxylic acids is 1. The lowest BCUT2D eigenvalue weighted by Gasteiger charge is -2.25. The summed E-state index contributed by atoms with van der Waals surface area (Å²) in [6, 6.07) is 0.325. The summed E-state index contributed by atoms with van der Waals surface area (Å²) in [5.41, 5.74) is -0.108. The predicted molar refractivity (Wildman–Crippen MR) is 68.5 cm³/mol. The van der Waals surface area contributed by atoms with Crippen LogP contribution in [0.4, 0.5) is 0 Å². The predicted octanol–water partition coefficient (Wildman–Crippen LogP) is 0.831. The van der Waals surface area contributed by atoms with Crippen molar-refractivity contribution in [1.29, 1.82) is 0 Å². The quantitative estimate of drug-likeness (QED) is 0.680. The van der Waals surface area contributed by atoms with Crippen molar-refractivity contribution in [2.24, 2.45) is 0 Å². The van der Waals surface area contributed by atoms with Crippen LogP contribution in [0.3, 0.4) is 0 Å². The molecule has 96 valence electrons. The number of carbonyl (C=O) groups is 1. The van der Waals surface area contributed by atoms with Crippen LogP contribution in [0.25, 0.3) is 0 Å². The van der Waals surface area contributed by atoms with Crippen LogP contribution in [0, 0.1) is 0 Å². The molecule has 1 atom stereocenters. The third-order valence-electron chi connectivity index (χ3n) is 2.61. The second-order valence-corrected chi connectivity index (χ2v) is 5.33. The fourth-order valence-electron chi connectivity index (χ4n) is 1.39. The zero-order valence-electron chi connectivity index (χ0n) is 11.6. The Morgan fingerprint density at radius 2 is 1.94 bits per heavy atom. The highest BCUT2D eigenvalue weighted by Gasteiger charge is 2.17. The second-order valence-electron chi connectivity index (χ2n) is 5.33. The number of likely N-dealkylation sites (N-methyl/N-ethyl adjacent to an activating group) is 1. The Balaban J connectivity index is 3.81. The number of amides is 1. The van der Waals surface area contributed by atoms with Gasteiger partial charge in [0.15, 0.2) is 0 Å². The minimum Gasteiger partial charge on any atom is -0.350 e. The van der Waals surface area contributed by atoms with Gasteiger partial charge in [-0.25, -0.2) is 0 Å². The van der Waals surface area contributed by atoms with E-state index in [2.05, 4.69) is 29.4 Å². The fraction of sp³-hybridized carbons (Fsp3) is 0.917. The SMILES string of the molecule is CCC(C)(C)NC(=O)CNC(C)CN(C)C. The third-order valence-corrected chi connectivity index (χ3v) is 2.61. The van der Waals surface area contributed by atoms with Crippen LogP contribution in [0.2, 0.25) is 0 Å². The molecule has 0 aliphatic rings.